The fraction of sp³-hybridized carbons (Fsp3) is 0.188. The number of aromatic nitrogens is 3. The number of nitrogens with zero attached hydrogens (tertiary/aromatic N) is 3. The molecule has 4 rings (SSSR count). The molecule has 1 aromatic carbocycles. The average molecular weight is 296 g/mol. The van der Waals surface area contributed by atoms with Crippen LogP contribution in [0.3, 0.4) is 0 Å². The van der Waals surface area contributed by atoms with Crippen molar-refractivity contribution in [1.29, 1.82) is 0 Å². The van der Waals surface area contributed by atoms with Gasteiger partial charge in [-0.15, -0.1) is 11.3 Å². The molecule has 106 valence electrons. The van der Waals surface area contributed by atoms with Crippen LogP contribution in [0.5, 0.6) is 0 Å². The maximum absolute atomic E-state index is 4.65. The SMILES string of the molecule is CNCc1ccc2c(ccn2Cc2cn3ccsc3n2)c1. The van der Waals surface area contributed by atoms with Gasteiger partial charge in [0.1, 0.15) is 0 Å². The van der Waals surface area contributed by atoms with E-state index in [1.807, 2.05) is 13.2 Å². The molecule has 0 unspecified atom stereocenters. The van der Waals surface area contributed by atoms with Gasteiger partial charge in [-0.25, -0.2) is 4.98 Å². The normalized spacial score (nSPS) is 11.7. The van der Waals surface area contributed by atoms with Gasteiger partial charge >= 0.3 is 0 Å². The quantitative estimate of drug-likeness (QED) is 0.628. The van der Waals surface area contributed by atoms with Gasteiger partial charge in [-0.2, -0.15) is 0 Å². The molecule has 5 heteroatoms. The molecule has 0 saturated heterocycles. The molecule has 0 saturated carbocycles. The van der Waals surface area contributed by atoms with Crippen LogP contribution in [0.4, 0.5) is 0 Å². The first-order valence-corrected chi connectivity index (χ1v) is 7.85. The number of nitrogens with one attached hydrogen (secondary N) is 1. The van der Waals surface area contributed by atoms with E-state index in [0.29, 0.717) is 0 Å². The lowest BCUT2D eigenvalue weighted by Crippen LogP contribution is -2.04. The van der Waals surface area contributed by atoms with Gasteiger partial charge in [0.15, 0.2) is 4.96 Å². The third-order valence-corrected chi connectivity index (χ3v) is 4.46. The maximum Gasteiger partial charge on any atom is 0.193 e. The summed E-state index contributed by atoms with van der Waals surface area (Å²) in [6.45, 7) is 1.71. The fourth-order valence-corrected chi connectivity index (χ4v) is 3.45. The van der Waals surface area contributed by atoms with Gasteiger partial charge in [0.2, 0.25) is 0 Å². The predicted octanol–water partition coefficient (Wildman–Crippen LogP) is 3.12. The molecule has 0 bridgehead atoms. The Labute approximate surface area is 126 Å². The van der Waals surface area contributed by atoms with Crippen LogP contribution in [-0.2, 0) is 13.1 Å². The Morgan fingerprint density at radius 1 is 1.24 bits per heavy atom. The molecular weight excluding hydrogens is 280 g/mol. The van der Waals surface area contributed by atoms with Crippen molar-refractivity contribution in [2.24, 2.45) is 0 Å². The lowest BCUT2D eigenvalue weighted by atomic mass is 10.1. The lowest BCUT2D eigenvalue weighted by molar-refractivity contribution is 0.811. The maximum atomic E-state index is 4.65. The minimum atomic E-state index is 0.809. The highest BCUT2D eigenvalue weighted by molar-refractivity contribution is 7.15. The van der Waals surface area contributed by atoms with Crippen LogP contribution in [0.2, 0.25) is 0 Å². The molecule has 21 heavy (non-hydrogen) atoms. The Kier molecular flexibility index (Phi) is 3.02. The molecule has 3 aromatic heterocycles. The van der Waals surface area contributed by atoms with Crippen molar-refractivity contribution < 1.29 is 0 Å². The topological polar surface area (TPSA) is 34.3 Å². The first-order valence-electron chi connectivity index (χ1n) is 6.97. The summed E-state index contributed by atoms with van der Waals surface area (Å²) >= 11 is 1.67. The number of hydrogen-bond donors (Lipinski definition) is 1. The molecule has 0 spiro atoms. The Morgan fingerprint density at radius 2 is 2.19 bits per heavy atom. The summed E-state index contributed by atoms with van der Waals surface area (Å²) < 4.78 is 4.33. The standard InChI is InChI=1S/C16H16N4S/c1-17-9-12-2-3-15-13(8-12)4-5-19(15)10-14-11-20-6-7-21-16(20)18-14/h2-8,11,17H,9-10H2,1H3. The zero-order valence-electron chi connectivity index (χ0n) is 11.8. The van der Waals surface area contributed by atoms with Crippen molar-refractivity contribution in [1.82, 2.24) is 19.3 Å². The van der Waals surface area contributed by atoms with Crippen LogP contribution in [0.1, 0.15) is 11.3 Å². The second kappa shape index (κ2) is 5.02. The third kappa shape index (κ3) is 2.24. The number of imidazole rings is 1. The highest BCUT2D eigenvalue weighted by Gasteiger charge is 2.06. The number of benzene rings is 1. The van der Waals surface area contributed by atoms with Gasteiger partial charge < -0.3 is 9.88 Å². The third-order valence-electron chi connectivity index (χ3n) is 3.69. The van der Waals surface area contributed by atoms with Crippen LogP contribution < -0.4 is 5.32 Å². The second-order valence-corrected chi connectivity index (χ2v) is 6.07. The summed E-state index contributed by atoms with van der Waals surface area (Å²) in [6.07, 6.45) is 6.29. The van der Waals surface area contributed by atoms with Crippen molar-refractivity contribution in [2.45, 2.75) is 13.1 Å². The smallest absolute Gasteiger partial charge is 0.193 e. The summed E-state index contributed by atoms with van der Waals surface area (Å²) in [6, 6.07) is 8.79. The van der Waals surface area contributed by atoms with Crippen molar-refractivity contribution in [3.63, 3.8) is 0 Å². The second-order valence-electron chi connectivity index (χ2n) is 5.19. The van der Waals surface area contributed by atoms with Gasteiger partial charge in [0.25, 0.3) is 0 Å². The van der Waals surface area contributed by atoms with E-state index in [1.54, 1.807) is 11.3 Å². The van der Waals surface area contributed by atoms with E-state index >= 15 is 0 Å². The molecule has 0 aliphatic carbocycles. The molecule has 0 amide bonds. The Balaban J connectivity index is 1.68. The molecular formula is C16H16N4S. The molecule has 0 aliphatic rings. The first kappa shape index (κ1) is 12.6. The van der Waals surface area contributed by atoms with Crippen LogP contribution in [0, 0.1) is 0 Å². The van der Waals surface area contributed by atoms with Crippen LogP contribution in [0.15, 0.2) is 48.2 Å². The van der Waals surface area contributed by atoms with Gasteiger partial charge in [-0.3, -0.25) is 4.40 Å². The zero-order valence-corrected chi connectivity index (χ0v) is 12.6. The fourth-order valence-electron chi connectivity index (χ4n) is 2.73. The molecule has 1 N–H and O–H groups in total. The van der Waals surface area contributed by atoms with Crippen LogP contribution in [-0.4, -0.2) is 21.0 Å². The first-order chi connectivity index (χ1) is 10.3. The van der Waals surface area contributed by atoms with E-state index in [9.17, 15) is 0 Å². The molecule has 4 nitrogen and oxygen atoms in total. The van der Waals surface area contributed by atoms with Crippen LogP contribution in [0.25, 0.3) is 15.9 Å². The predicted molar refractivity (Wildman–Crippen MR) is 86.9 cm³/mol. The minimum absolute atomic E-state index is 0.809. The summed E-state index contributed by atoms with van der Waals surface area (Å²) in [5.41, 5.74) is 3.66. The van der Waals surface area contributed by atoms with E-state index in [-0.39, 0.29) is 0 Å². The Hall–Kier alpha value is -2.11. The zero-order chi connectivity index (χ0) is 14.2. The van der Waals surface area contributed by atoms with Crippen molar-refractivity contribution in [2.75, 3.05) is 7.05 Å². The molecule has 0 radical (unpaired) electrons. The highest BCUT2D eigenvalue weighted by atomic mass is 32.1. The van der Waals surface area contributed by atoms with Crippen molar-refractivity contribution in [3.8, 4) is 0 Å². The minimum Gasteiger partial charge on any atom is -0.341 e. The van der Waals surface area contributed by atoms with Crippen LogP contribution >= 0.6 is 11.3 Å². The lowest BCUT2D eigenvalue weighted by Gasteiger charge is -2.04. The van der Waals surface area contributed by atoms with E-state index in [0.717, 1.165) is 23.7 Å². The molecule has 0 aliphatic heterocycles. The van der Waals surface area contributed by atoms with Crippen molar-refractivity contribution in [3.05, 3.63) is 59.5 Å². The number of hydrogen-bond acceptors (Lipinski definition) is 3. The van der Waals surface area contributed by atoms with Gasteiger partial charge in [0.05, 0.1) is 12.2 Å². The molecule has 0 atom stereocenters. The van der Waals surface area contributed by atoms with E-state index in [2.05, 4.69) is 61.3 Å². The molecule has 3 heterocycles. The average Bonchev–Trinajstić information content (AvgIpc) is 3.14. The largest absolute Gasteiger partial charge is 0.341 e. The van der Waals surface area contributed by atoms with Gasteiger partial charge in [-0.05, 0) is 36.2 Å². The number of rotatable bonds is 4. The van der Waals surface area contributed by atoms with E-state index in [1.165, 1.54) is 16.5 Å². The van der Waals surface area contributed by atoms with E-state index in [4.69, 9.17) is 0 Å². The Morgan fingerprint density at radius 3 is 3.05 bits per heavy atom. The summed E-state index contributed by atoms with van der Waals surface area (Å²) in [7, 11) is 1.97. The number of thiazole rings is 1. The number of fused-ring (bicyclic) bond motifs is 2. The molecule has 0 fully saturated rings. The van der Waals surface area contributed by atoms with Crippen molar-refractivity contribution >= 4 is 27.2 Å². The van der Waals surface area contributed by atoms with E-state index < -0.39 is 0 Å². The van der Waals surface area contributed by atoms with Gasteiger partial charge in [0, 0.05) is 36.0 Å². The summed E-state index contributed by atoms with van der Waals surface area (Å²) in [5, 5.41) is 6.53. The Bertz CT molecular complexity index is 871. The monoisotopic (exact) mass is 296 g/mol. The highest BCUT2D eigenvalue weighted by Crippen LogP contribution is 2.20. The van der Waals surface area contributed by atoms with Gasteiger partial charge in [-0.1, -0.05) is 6.07 Å². The summed E-state index contributed by atoms with van der Waals surface area (Å²) in [4.78, 5) is 5.71. The molecule has 4 aromatic rings. The summed E-state index contributed by atoms with van der Waals surface area (Å²) in [5.74, 6) is 0.